The van der Waals surface area contributed by atoms with Crippen LogP contribution in [-0.4, -0.2) is 29.1 Å². The summed E-state index contributed by atoms with van der Waals surface area (Å²) in [6.45, 7) is 3.99. The first kappa shape index (κ1) is 17.0. The highest BCUT2D eigenvalue weighted by atomic mass is 16.5. The van der Waals surface area contributed by atoms with E-state index in [1.807, 2.05) is 0 Å². The molecule has 6 heteroatoms. The Morgan fingerprint density at radius 3 is 2.20 bits per heavy atom. The van der Waals surface area contributed by atoms with Crippen molar-refractivity contribution in [3.8, 4) is 0 Å². The Morgan fingerprint density at radius 1 is 1.00 bits per heavy atom. The first-order valence-electron chi connectivity index (χ1n) is 8.46. The van der Waals surface area contributed by atoms with Crippen molar-refractivity contribution in [3.63, 3.8) is 0 Å². The van der Waals surface area contributed by atoms with Crippen LogP contribution in [0.1, 0.15) is 63.6 Å². The van der Waals surface area contributed by atoms with Crippen LogP contribution in [0.15, 0.2) is 36.4 Å². The van der Waals surface area contributed by atoms with E-state index in [0.717, 1.165) is 23.5 Å². The van der Waals surface area contributed by atoms with Gasteiger partial charge in [0.15, 0.2) is 0 Å². The molecule has 25 heavy (non-hydrogen) atoms. The van der Waals surface area contributed by atoms with Crippen LogP contribution in [0, 0.1) is 0 Å². The zero-order valence-corrected chi connectivity index (χ0v) is 14.3. The highest BCUT2D eigenvalue weighted by Gasteiger charge is 2.39. The Bertz CT molecular complexity index is 803. The number of nitrogens with zero attached hydrogens (tertiary/aromatic N) is 2. The molecule has 0 atom stereocenters. The van der Waals surface area contributed by atoms with Crippen LogP contribution in [0.25, 0.3) is 0 Å². The molecule has 0 unspecified atom stereocenters. The maximum Gasteiger partial charge on any atom is 0.356 e. The number of carbonyl (C=O) groups excluding carboxylic acids is 3. The summed E-state index contributed by atoms with van der Waals surface area (Å²) in [4.78, 5) is 37.9. The van der Waals surface area contributed by atoms with Crippen LogP contribution in [0.2, 0.25) is 0 Å². The average molecular weight is 340 g/mol. The molecule has 0 fully saturated rings. The van der Waals surface area contributed by atoms with E-state index in [1.165, 1.54) is 4.68 Å². The maximum atomic E-state index is 12.8. The Labute approximate surface area is 146 Å². The second kappa shape index (κ2) is 6.93. The molecule has 0 N–H and O–H groups in total. The van der Waals surface area contributed by atoms with Gasteiger partial charge in [0.25, 0.3) is 11.8 Å². The van der Waals surface area contributed by atoms with Gasteiger partial charge >= 0.3 is 5.97 Å². The van der Waals surface area contributed by atoms with Crippen molar-refractivity contribution in [3.05, 3.63) is 58.9 Å². The normalized spacial score (nSPS) is 13.3. The Morgan fingerprint density at radius 2 is 1.64 bits per heavy atom. The molecular formula is C19H20N2O4. The lowest BCUT2D eigenvalue weighted by Crippen LogP contribution is -2.42. The second-order valence-electron chi connectivity index (χ2n) is 5.81. The number of benzene rings is 1. The minimum Gasteiger partial charge on any atom is -0.461 e. The van der Waals surface area contributed by atoms with Gasteiger partial charge in [0.05, 0.1) is 17.7 Å². The summed E-state index contributed by atoms with van der Waals surface area (Å²) in [5.74, 6) is -1.41. The van der Waals surface area contributed by atoms with Crippen LogP contribution in [0.4, 0.5) is 0 Å². The molecule has 0 saturated carbocycles. The number of hydrogen-bond acceptors (Lipinski definition) is 4. The molecule has 1 aliphatic rings. The van der Waals surface area contributed by atoms with Crippen LogP contribution in [-0.2, 0) is 11.2 Å². The van der Waals surface area contributed by atoms with Crippen molar-refractivity contribution >= 4 is 17.8 Å². The fourth-order valence-corrected chi connectivity index (χ4v) is 2.97. The van der Waals surface area contributed by atoms with Gasteiger partial charge in [-0.05, 0) is 44.0 Å². The summed E-state index contributed by atoms with van der Waals surface area (Å²) < 4.78 is 6.50. The minimum atomic E-state index is -0.554. The highest BCUT2D eigenvalue weighted by Crippen LogP contribution is 2.25. The largest absolute Gasteiger partial charge is 0.461 e. The number of unbranched alkanes of at least 4 members (excludes halogenated alkanes) is 1. The lowest BCUT2D eigenvalue weighted by Gasteiger charge is -2.21. The molecular weight excluding hydrogens is 320 g/mol. The van der Waals surface area contributed by atoms with E-state index in [2.05, 4.69) is 6.92 Å². The van der Waals surface area contributed by atoms with Gasteiger partial charge in [-0.2, -0.15) is 5.01 Å². The molecule has 130 valence electrons. The molecule has 2 aromatic rings. The summed E-state index contributed by atoms with van der Waals surface area (Å²) in [6, 6.07) is 10.0. The summed E-state index contributed by atoms with van der Waals surface area (Å²) >= 11 is 0. The zero-order valence-electron chi connectivity index (χ0n) is 14.3. The average Bonchev–Trinajstić information content (AvgIpc) is 3.13. The molecule has 2 heterocycles. The predicted octanol–water partition coefficient (Wildman–Crippen LogP) is 2.94. The predicted molar refractivity (Wildman–Crippen MR) is 92.3 cm³/mol. The van der Waals surface area contributed by atoms with Crippen molar-refractivity contribution in [2.45, 2.75) is 33.1 Å². The molecule has 6 nitrogen and oxygen atoms in total. The number of carbonyl (C=O) groups is 3. The van der Waals surface area contributed by atoms with Crippen molar-refractivity contribution in [1.82, 2.24) is 4.68 Å². The molecule has 0 saturated heterocycles. The van der Waals surface area contributed by atoms with Crippen LogP contribution in [0.3, 0.4) is 0 Å². The summed E-state index contributed by atoms with van der Waals surface area (Å²) in [5, 5.41) is 1.04. The van der Waals surface area contributed by atoms with E-state index in [0.29, 0.717) is 17.5 Å². The van der Waals surface area contributed by atoms with Gasteiger partial charge in [-0.15, -0.1) is 0 Å². The molecule has 0 spiro atoms. The number of rotatable bonds is 6. The number of imide groups is 1. The van der Waals surface area contributed by atoms with E-state index in [-0.39, 0.29) is 12.3 Å². The van der Waals surface area contributed by atoms with E-state index < -0.39 is 17.8 Å². The number of esters is 1. The van der Waals surface area contributed by atoms with Gasteiger partial charge in [-0.25, -0.2) is 9.47 Å². The third-order valence-electron chi connectivity index (χ3n) is 4.18. The third kappa shape index (κ3) is 2.84. The lowest BCUT2D eigenvalue weighted by molar-refractivity contribution is 0.0513. The second-order valence-corrected chi connectivity index (χ2v) is 5.81. The number of amides is 2. The first-order valence-corrected chi connectivity index (χ1v) is 8.46. The van der Waals surface area contributed by atoms with Gasteiger partial charge in [0, 0.05) is 5.69 Å². The van der Waals surface area contributed by atoms with Crippen LogP contribution in [0.5, 0.6) is 0 Å². The molecule has 0 aliphatic carbocycles. The van der Waals surface area contributed by atoms with Gasteiger partial charge in [-0.1, -0.05) is 25.5 Å². The third-order valence-corrected chi connectivity index (χ3v) is 4.18. The summed E-state index contributed by atoms with van der Waals surface area (Å²) in [6.07, 6.45) is 2.50. The quantitative estimate of drug-likeness (QED) is 0.599. The van der Waals surface area contributed by atoms with Crippen molar-refractivity contribution in [2.75, 3.05) is 11.6 Å². The van der Waals surface area contributed by atoms with E-state index in [1.54, 1.807) is 43.3 Å². The number of ether oxygens (including phenoxy) is 1. The standard InChI is InChI=1S/C19H20N2O4/c1-3-5-8-13-11-12-16(19(24)25-4-2)20(13)21-17(22)14-9-6-7-10-15(14)18(21)23/h6-7,9-12H,3-5,8H2,1-2H3. The minimum absolute atomic E-state index is 0.183. The number of hydrogen-bond donors (Lipinski definition) is 0. The number of aromatic nitrogens is 1. The molecule has 0 bridgehead atoms. The Kier molecular flexibility index (Phi) is 4.70. The van der Waals surface area contributed by atoms with E-state index in [4.69, 9.17) is 4.74 Å². The smallest absolute Gasteiger partial charge is 0.356 e. The molecule has 0 radical (unpaired) electrons. The van der Waals surface area contributed by atoms with Gasteiger partial charge < -0.3 is 4.74 Å². The molecule has 2 amide bonds. The fraction of sp³-hybridized carbons (Fsp3) is 0.316. The summed E-state index contributed by atoms with van der Waals surface area (Å²) in [5.41, 5.74) is 1.61. The van der Waals surface area contributed by atoms with Crippen molar-refractivity contribution < 1.29 is 19.1 Å². The molecule has 3 rings (SSSR count). The van der Waals surface area contributed by atoms with E-state index in [9.17, 15) is 14.4 Å². The Hall–Kier alpha value is -2.89. The molecule has 1 aromatic heterocycles. The molecule has 1 aromatic carbocycles. The monoisotopic (exact) mass is 340 g/mol. The van der Waals surface area contributed by atoms with Crippen LogP contribution >= 0.6 is 0 Å². The number of aryl methyl sites for hydroxylation is 1. The van der Waals surface area contributed by atoms with Crippen molar-refractivity contribution in [1.29, 1.82) is 0 Å². The lowest BCUT2D eigenvalue weighted by atomic mass is 10.1. The van der Waals surface area contributed by atoms with Gasteiger partial charge in [0.2, 0.25) is 0 Å². The summed E-state index contributed by atoms with van der Waals surface area (Å²) in [7, 11) is 0. The fourth-order valence-electron chi connectivity index (χ4n) is 2.97. The van der Waals surface area contributed by atoms with Crippen molar-refractivity contribution in [2.24, 2.45) is 0 Å². The Balaban J connectivity index is 2.09. The van der Waals surface area contributed by atoms with E-state index >= 15 is 0 Å². The number of fused-ring (bicyclic) bond motifs is 1. The highest BCUT2D eigenvalue weighted by molar-refractivity contribution is 6.30. The maximum absolute atomic E-state index is 12.8. The SMILES string of the molecule is CCCCc1ccc(C(=O)OCC)n1N1C(=O)c2ccccc2C1=O. The van der Waals surface area contributed by atoms with Crippen LogP contribution < -0.4 is 5.01 Å². The van der Waals surface area contributed by atoms with Gasteiger partial charge in [0.1, 0.15) is 5.69 Å². The zero-order chi connectivity index (χ0) is 18.0. The van der Waals surface area contributed by atoms with Gasteiger partial charge in [-0.3, -0.25) is 9.59 Å². The molecule has 1 aliphatic heterocycles. The first-order chi connectivity index (χ1) is 12.1. The topological polar surface area (TPSA) is 68.6 Å².